The molecule has 2 N–H and O–H groups in total. The molecule has 90 heavy (non-hydrogen) atoms. The number of nitrogens with zero attached hydrogens (tertiary/aromatic N) is 1. The molecule has 0 aromatic carbocycles. The van der Waals surface area contributed by atoms with Crippen molar-refractivity contribution in [2.24, 2.45) is 0 Å². The number of allylic oxidation sites excluding steroid dienone is 23. The molecule has 0 aromatic heterocycles. The molecule has 1 amide bonds. The molecule has 0 rings (SSSR count). The van der Waals surface area contributed by atoms with Crippen LogP contribution in [0.5, 0.6) is 0 Å². The number of rotatable bonds is 67. The predicted octanol–water partition coefficient (Wildman–Crippen LogP) is 23.7. The minimum absolute atomic E-state index is 0.0148. The monoisotopic (exact) mass is 1270 g/mol. The van der Waals surface area contributed by atoms with Crippen molar-refractivity contribution >= 4 is 13.7 Å². The maximum Gasteiger partial charge on any atom is 0.268 e. The molecule has 0 saturated carbocycles. The summed E-state index contributed by atoms with van der Waals surface area (Å²) in [6.07, 6.45) is 107. The van der Waals surface area contributed by atoms with E-state index in [1.165, 1.54) is 186 Å². The Morgan fingerprint density at radius 2 is 0.689 bits per heavy atom. The number of hydrogen-bond acceptors (Lipinski definition) is 6. The van der Waals surface area contributed by atoms with Gasteiger partial charge in [0.1, 0.15) is 13.2 Å². The van der Waals surface area contributed by atoms with E-state index in [4.69, 9.17) is 9.05 Å². The number of quaternary nitrogens is 1. The molecule has 0 heterocycles. The van der Waals surface area contributed by atoms with Gasteiger partial charge < -0.3 is 28.8 Å². The number of phosphoric ester groups is 1. The molecule has 0 bridgehead atoms. The quantitative estimate of drug-likeness (QED) is 0.0272. The topological polar surface area (TPSA) is 108 Å². The number of aliphatic hydroxyl groups excluding tert-OH is 1. The first-order valence-corrected chi connectivity index (χ1v) is 38.7. The third-order valence-electron chi connectivity index (χ3n) is 16.0. The van der Waals surface area contributed by atoms with Crippen LogP contribution in [0.15, 0.2) is 146 Å². The van der Waals surface area contributed by atoms with Gasteiger partial charge in [0.2, 0.25) is 5.91 Å². The summed E-state index contributed by atoms with van der Waals surface area (Å²) in [7, 11) is 1.23. The van der Waals surface area contributed by atoms with Crippen molar-refractivity contribution < 1.29 is 32.9 Å². The van der Waals surface area contributed by atoms with Gasteiger partial charge in [-0.15, -0.1) is 0 Å². The highest BCUT2D eigenvalue weighted by Gasteiger charge is 2.23. The van der Waals surface area contributed by atoms with Crippen molar-refractivity contribution in [3.05, 3.63) is 146 Å². The summed E-state index contributed by atoms with van der Waals surface area (Å²) < 4.78 is 23.4. The van der Waals surface area contributed by atoms with Gasteiger partial charge in [0.05, 0.1) is 39.9 Å². The van der Waals surface area contributed by atoms with Crippen LogP contribution >= 0.6 is 7.82 Å². The summed E-state index contributed by atoms with van der Waals surface area (Å²) in [5, 5.41) is 13.9. The Labute approximate surface area is 557 Å². The Balaban J connectivity index is 4.12. The van der Waals surface area contributed by atoms with Gasteiger partial charge in [0.25, 0.3) is 7.82 Å². The lowest BCUT2D eigenvalue weighted by atomic mass is 10.0. The van der Waals surface area contributed by atoms with Crippen LogP contribution in [0.25, 0.3) is 0 Å². The zero-order valence-corrected chi connectivity index (χ0v) is 59.9. The molecular formula is C81H141N2O6P. The zero-order chi connectivity index (χ0) is 65.5. The van der Waals surface area contributed by atoms with Crippen LogP contribution in [0, 0.1) is 0 Å². The molecule has 0 aliphatic heterocycles. The number of phosphoric acid groups is 1. The Hall–Kier alpha value is -3.62. The van der Waals surface area contributed by atoms with Crippen molar-refractivity contribution in [3.63, 3.8) is 0 Å². The van der Waals surface area contributed by atoms with Crippen LogP contribution in [0.1, 0.15) is 309 Å². The number of likely N-dealkylation sites (N-methyl/N-ethyl adjacent to an activating group) is 1. The fraction of sp³-hybridized carbons (Fsp3) is 0.691. The summed E-state index contributed by atoms with van der Waals surface area (Å²) in [6, 6.07) is -0.921. The number of carbonyl (C=O) groups excluding carboxylic acids is 1. The molecule has 0 aliphatic rings. The van der Waals surface area contributed by atoms with Crippen LogP contribution in [-0.2, 0) is 18.4 Å². The first kappa shape index (κ1) is 86.4. The summed E-state index contributed by atoms with van der Waals surface area (Å²) in [5.74, 6) is -0.215. The maximum atomic E-state index is 13.1. The van der Waals surface area contributed by atoms with E-state index in [1.54, 1.807) is 6.08 Å². The summed E-state index contributed by atoms with van der Waals surface area (Å²) in [6.45, 7) is 4.52. The highest BCUT2D eigenvalue weighted by Crippen LogP contribution is 2.38. The summed E-state index contributed by atoms with van der Waals surface area (Å²) in [5.41, 5.74) is 0. The predicted molar refractivity (Wildman–Crippen MR) is 394 cm³/mol. The summed E-state index contributed by atoms with van der Waals surface area (Å²) >= 11 is 0. The largest absolute Gasteiger partial charge is 0.756 e. The van der Waals surface area contributed by atoms with Gasteiger partial charge in [-0.1, -0.05) is 333 Å². The van der Waals surface area contributed by atoms with Gasteiger partial charge in [-0.2, -0.15) is 0 Å². The minimum atomic E-state index is -4.63. The lowest BCUT2D eigenvalue weighted by Gasteiger charge is -2.29. The molecular weight excluding hydrogens is 1130 g/mol. The molecule has 0 saturated heterocycles. The lowest BCUT2D eigenvalue weighted by Crippen LogP contribution is -2.45. The minimum Gasteiger partial charge on any atom is -0.756 e. The molecule has 0 aromatic rings. The number of carbonyl (C=O) groups is 1. The van der Waals surface area contributed by atoms with Crippen molar-refractivity contribution in [2.45, 2.75) is 321 Å². The van der Waals surface area contributed by atoms with E-state index >= 15 is 0 Å². The van der Waals surface area contributed by atoms with Crippen LogP contribution in [0.4, 0.5) is 0 Å². The van der Waals surface area contributed by atoms with E-state index in [0.29, 0.717) is 17.4 Å². The molecule has 0 aliphatic carbocycles. The fourth-order valence-corrected chi connectivity index (χ4v) is 11.0. The number of hydrogen-bond donors (Lipinski definition) is 2. The number of amides is 1. The van der Waals surface area contributed by atoms with Crippen molar-refractivity contribution in [2.75, 3.05) is 40.9 Å². The van der Waals surface area contributed by atoms with Gasteiger partial charge in [-0.05, 0) is 116 Å². The van der Waals surface area contributed by atoms with Crippen LogP contribution in [0.2, 0.25) is 0 Å². The van der Waals surface area contributed by atoms with Crippen LogP contribution in [-0.4, -0.2) is 68.5 Å². The van der Waals surface area contributed by atoms with Gasteiger partial charge in [0, 0.05) is 6.42 Å². The van der Waals surface area contributed by atoms with Gasteiger partial charge in [-0.25, -0.2) is 0 Å². The van der Waals surface area contributed by atoms with Crippen molar-refractivity contribution in [1.82, 2.24) is 5.32 Å². The van der Waals surface area contributed by atoms with E-state index in [0.717, 1.165) is 103 Å². The van der Waals surface area contributed by atoms with Crippen LogP contribution in [0.3, 0.4) is 0 Å². The number of nitrogens with one attached hydrogen (secondary N) is 1. The second-order valence-corrected chi connectivity index (χ2v) is 27.3. The van der Waals surface area contributed by atoms with E-state index in [1.807, 2.05) is 27.2 Å². The van der Waals surface area contributed by atoms with Gasteiger partial charge in [0.15, 0.2) is 0 Å². The average molecular weight is 1270 g/mol. The molecule has 3 atom stereocenters. The van der Waals surface area contributed by atoms with Crippen molar-refractivity contribution in [1.29, 1.82) is 0 Å². The van der Waals surface area contributed by atoms with Crippen molar-refractivity contribution in [3.8, 4) is 0 Å². The molecule has 0 radical (unpaired) electrons. The highest BCUT2D eigenvalue weighted by atomic mass is 31.2. The Kier molecular flexibility index (Phi) is 66.9. The standard InChI is InChI=1S/C81H141N2O6P/c1-6-8-10-12-14-16-18-20-22-24-26-28-30-32-34-35-36-37-38-39-40-41-42-43-44-45-46-47-49-51-53-55-57-59-61-63-65-67-69-71-73-75-81(85)82-79(78-89-90(86,87)88-77-76-83(3,4)5)80(84)74-72-70-68-66-64-62-60-58-56-54-52-50-48-33-31-29-27-25-23-21-19-17-15-13-11-9-7-2/h8,10,14,16,20,22,26,28,32,34,36-37,39-40,42-43,45-46,56,58,64,66,72,74,79-80,84H,6-7,9,11-13,15,17-19,21,23-25,27,29-31,33,35,38,41,44,47-55,57,59-63,65,67-71,73,75-78H2,1-5H3,(H-,82,85,86,87)/b10-8-,16-14-,22-20-,28-26-,34-32-,37-36-,40-39-,43-42-,46-45-,58-56+,66-64+,74-72+. The highest BCUT2D eigenvalue weighted by molar-refractivity contribution is 7.45. The number of aliphatic hydroxyl groups is 1. The molecule has 516 valence electrons. The van der Waals surface area contributed by atoms with Gasteiger partial charge in [-0.3, -0.25) is 9.36 Å². The average Bonchev–Trinajstić information content (AvgIpc) is 3.09. The zero-order valence-electron chi connectivity index (χ0n) is 59.0. The lowest BCUT2D eigenvalue weighted by molar-refractivity contribution is -0.870. The molecule has 8 nitrogen and oxygen atoms in total. The normalized spacial score (nSPS) is 14.4. The second kappa shape index (κ2) is 69.7. The third kappa shape index (κ3) is 71.8. The Morgan fingerprint density at radius 3 is 1.03 bits per heavy atom. The maximum absolute atomic E-state index is 13.1. The fourth-order valence-electron chi connectivity index (χ4n) is 10.3. The Morgan fingerprint density at radius 1 is 0.400 bits per heavy atom. The summed E-state index contributed by atoms with van der Waals surface area (Å²) in [4.78, 5) is 25.7. The second-order valence-electron chi connectivity index (χ2n) is 25.9. The van der Waals surface area contributed by atoms with E-state index in [2.05, 4.69) is 153 Å². The smallest absolute Gasteiger partial charge is 0.268 e. The van der Waals surface area contributed by atoms with E-state index in [9.17, 15) is 19.4 Å². The van der Waals surface area contributed by atoms with Gasteiger partial charge >= 0.3 is 0 Å². The molecule has 0 spiro atoms. The SMILES string of the molecule is CC/C=C\C/C=C\C/C=C\C/C=C\C/C=C\C/C=C\C/C=C\C/C=C\C/C=C\CCCCCCCCCCCCCCCC(=O)NC(COP(=O)([O-])OCC[N+](C)(C)C)C(O)/C=C/CC/C=C/CC/C=C/CCCCCCCCCCCCCCCCCCC. The Bertz CT molecular complexity index is 1980. The third-order valence-corrected chi connectivity index (χ3v) is 17.0. The van der Waals surface area contributed by atoms with E-state index < -0.39 is 26.6 Å². The van der Waals surface area contributed by atoms with Crippen LogP contribution < -0.4 is 10.2 Å². The first-order valence-electron chi connectivity index (χ1n) is 37.2. The molecule has 9 heteroatoms. The molecule has 0 fully saturated rings. The molecule has 3 unspecified atom stereocenters. The number of unbranched alkanes of at least 4 members (excludes halogenated alkanes) is 32. The first-order chi connectivity index (χ1) is 44.0. The van der Waals surface area contributed by atoms with E-state index in [-0.39, 0.29) is 12.5 Å².